The fourth-order valence-corrected chi connectivity index (χ4v) is 4.62. The van der Waals surface area contributed by atoms with E-state index in [1.54, 1.807) is 50.2 Å². The van der Waals surface area contributed by atoms with Crippen LogP contribution in [0.3, 0.4) is 0 Å². The topological polar surface area (TPSA) is 91.7 Å². The Morgan fingerprint density at radius 1 is 0.917 bits per heavy atom. The summed E-state index contributed by atoms with van der Waals surface area (Å²) in [7, 11) is 4.73. The fourth-order valence-electron chi connectivity index (χ4n) is 3.80. The van der Waals surface area contributed by atoms with Gasteiger partial charge in [-0.1, -0.05) is 42.1 Å². The second-order valence-corrected chi connectivity index (χ2v) is 8.79. The molecule has 0 fully saturated rings. The zero-order valence-electron chi connectivity index (χ0n) is 20.3. The van der Waals surface area contributed by atoms with Crippen LogP contribution < -0.4 is 25.1 Å². The highest BCUT2D eigenvalue weighted by molar-refractivity contribution is 7.99. The van der Waals surface area contributed by atoms with Crippen LogP contribution in [0, 0.1) is 0 Å². The Balaban J connectivity index is 1.57. The van der Waals surface area contributed by atoms with Crippen LogP contribution in [0.4, 0.5) is 5.69 Å². The van der Waals surface area contributed by atoms with Gasteiger partial charge in [0.1, 0.15) is 5.75 Å². The number of aryl methyl sites for hydroxylation is 1. The van der Waals surface area contributed by atoms with Crippen molar-refractivity contribution in [1.29, 1.82) is 0 Å². The number of nitrogens with zero attached hydrogens (tertiary/aromatic N) is 2. The summed E-state index contributed by atoms with van der Waals surface area (Å²) in [4.78, 5) is 30.8. The maximum absolute atomic E-state index is 13.4. The molecule has 0 aliphatic carbocycles. The number of amides is 1. The Morgan fingerprint density at radius 2 is 1.64 bits per heavy atom. The Labute approximate surface area is 213 Å². The van der Waals surface area contributed by atoms with Gasteiger partial charge in [-0.3, -0.25) is 14.2 Å². The van der Waals surface area contributed by atoms with Gasteiger partial charge in [-0.15, -0.1) is 0 Å². The molecule has 0 radical (unpaired) electrons. The molecule has 0 aliphatic heterocycles. The van der Waals surface area contributed by atoms with Gasteiger partial charge in [0, 0.05) is 6.54 Å². The molecule has 4 rings (SSSR count). The van der Waals surface area contributed by atoms with Crippen molar-refractivity contribution in [2.45, 2.75) is 18.1 Å². The highest BCUT2D eigenvalue weighted by Crippen LogP contribution is 2.28. The minimum absolute atomic E-state index is 0.0825. The van der Waals surface area contributed by atoms with Crippen molar-refractivity contribution >= 4 is 34.3 Å². The first-order valence-electron chi connectivity index (χ1n) is 11.3. The van der Waals surface area contributed by atoms with Gasteiger partial charge in [0.2, 0.25) is 5.91 Å². The number of aromatic nitrogens is 2. The smallest absolute Gasteiger partial charge is 0.262 e. The van der Waals surface area contributed by atoms with Gasteiger partial charge in [-0.25, -0.2) is 4.98 Å². The van der Waals surface area contributed by atoms with Crippen molar-refractivity contribution < 1.29 is 19.0 Å². The summed E-state index contributed by atoms with van der Waals surface area (Å²) in [6.45, 7) is 0.391. The molecule has 186 valence electrons. The lowest BCUT2D eigenvalue weighted by Crippen LogP contribution is -2.25. The summed E-state index contributed by atoms with van der Waals surface area (Å²) in [6.07, 6.45) is 0.571. The first-order chi connectivity index (χ1) is 17.5. The van der Waals surface area contributed by atoms with E-state index in [0.717, 1.165) is 5.56 Å². The number of benzene rings is 3. The number of carbonyl (C=O) groups is 1. The normalized spacial score (nSPS) is 10.8. The number of hydrogen-bond donors (Lipinski definition) is 1. The van der Waals surface area contributed by atoms with E-state index in [4.69, 9.17) is 19.2 Å². The number of thioether (sulfide) groups is 1. The van der Waals surface area contributed by atoms with Crippen LogP contribution in [0.2, 0.25) is 0 Å². The molecular weight excluding hydrogens is 478 g/mol. The lowest BCUT2D eigenvalue weighted by atomic mass is 10.1. The van der Waals surface area contributed by atoms with Gasteiger partial charge in [0.25, 0.3) is 5.56 Å². The van der Waals surface area contributed by atoms with Gasteiger partial charge >= 0.3 is 0 Å². The molecule has 0 saturated heterocycles. The monoisotopic (exact) mass is 505 g/mol. The minimum Gasteiger partial charge on any atom is -0.495 e. The molecule has 0 spiro atoms. The number of fused-ring (bicyclic) bond motifs is 1. The highest BCUT2D eigenvalue weighted by atomic mass is 32.2. The first kappa shape index (κ1) is 25.1. The number of ether oxygens (including phenoxy) is 3. The zero-order valence-corrected chi connectivity index (χ0v) is 21.1. The van der Waals surface area contributed by atoms with Crippen molar-refractivity contribution in [2.24, 2.45) is 0 Å². The number of nitrogens with one attached hydrogen (secondary N) is 1. The van der Waals surface area contributed by atoms with Gasteiger partial charge in [0.05, 0.1) is 43.7 Å². The maximum atomic E-state index is 13.4. The number of hydrogen-bond acceptors (Lipinski definition) is 7. The molecule has 0 atom stereocenters. The van der Waals surface area contributed by atoms with Crippen molar-refractivity contribution in [3.8, 4) is 17.2 Å². The quantitative estimate of drug-likeness (QED) is 0.252. The molecule has 1 aromatic heterocycles. The molecule has 9 heteroatoms. The van der Waals surface area contributed by atoms with Crippen LogP contribution >= 0.6 is 11.8 Å². The molecule has 0 bridgehead atoms. The Kier molecular flexibility index (Phi) is 8.12. The largest absolute Gasteiger partial charge is 0.495 e. The fraction of sp³-hybridized carbons (Fsp3) is 0.222. The van der Waals surface area contributed by atoms with Crippen LogP contribution in [0.15, 0.2) is 76.7 Å². The van der Waals surface area contributed by atoms with Crippen molar-refractivity contribution in [1.82, 2.24) is 9.55 Å². The van der Waals surface area contributed by atoms with Crippen molar-refractivity contribution in [3.63, 3.8) is 0 Å². The average molecular weight is 506 g/mol. The van der Waals surface area contributed by atoms with E-state index in [-0.39, 0.29) is 17.2 Å². The maximum Gasteiger partial charge on any atom is 0.262 e. The van der Waals surface area contributed by atoms with E-state index in [0.29, 0.717) is 52.0 Å². The highest BCUT2D eigenvalue weighted by Gasteiger charge is 2.15. The summed E-state index contributed by atoms with van der Waals surface area (Å²) in [6, 6.07) is 20.1. The molecule has 36 heavy (non-hydrogen) atoms. The van der Waals surface area contributed by atoms with E-state index in [2.05, 4.69) is 5.32 Å². The molecule has 4 aromatic rings. The lowest BCUT2D eigenvalue weighted by molar-refractivity contribution is -0.113. The number of anilines is 1. The average Bonchev–Trinajstić information content (AvgIpc) is 2.91. The van der Waals surface area contributed by atoms with Gasteiger partial charge in [-0.2, -0.15) is 0 Å². The van der Waals surface area contributed by atoms with Crippen LogP contribution in [-0.2, 0) is 17.8 Å². The SMILES string of the molecule is COc1ccccc1NC(=O)CSc1nc2ccccc2c(=O)n1CCc1ccc(OC)c(OC)c1. The van der Waals surface area contributed by atoms with Gasteiger partial charge < -0.3 is 19.5 Å². The molecule has 1 amide bonds. The Hall–Kier alpha value is -3.98. The van der Waals surface area contributed by atoms with E-state index < -0.39 is 0 Å². The minimum atomic E-state index is -0.224. The third kappa shape index (κ3) is 5.63. The van der Waals surface area contributed by atoms with Crippen LogP contribution in [0.25, 0.3) is 10.9 Å². The predicted molar refractivity (Wildman–Crippen MR) is 142 cm³/mol. The van der Waals surface area contributed by atoms with Gasteiger partial charge in [0.15, 0.2) is 16.7 Å². The zero-order chi connectivity index (χ0) is 25.5. The molecule has 0 unspecified atom stereocenters. The number of rotatable bonds is 10. The second-order valence-electron chi connectivity index (χ2n) is 7.84. The predicted octanol–water partition coefficient (Wildman–Crippen LogP) is 4.40. The summed E-state index contributed by atoms with van der Waals surface area (Å²) in [5.41, 5.74) is 2.02. The molecular formula is C27H27N3O5S. The number of methoxy groups -OCH3 is 3. The van der Waals surface area contributed by atoms with Crippen molar-refractivity contribution in [2.75, 3.05) is 32.4 Å². The van der Waals surface area contributed by atoms with E-state index in [1.165, 1.54) is 11.8 Å². The standard InChI is InChI=1S/C27H27N3O5S/c1-33-22-11-7-6-10-21(22)28-25(31)17-36-27-29-20-9-5-4-8-19(20)26(32)30(27)15-14-18-12-13-23(34-2)24(16-18)35-3/h4-13,16H,14-15,17H2,1-3H3,(H,28,31). The number of carbonyl (C=O) groups excluding carboxylic acids is 1. The van der Waals surface area contributed by atoms with E-state index in [1.807, 2.05) is 42.5 Å². The summed E-state index contributed by atoms with van der Waals surface area (Å²) < 4.78 is 17.6. The Morgan fingerprint density at radius 3 is 2.42 bits per heavy atom. The van der Waals surface area contributed by atoms with Crippen molar-refractivity contribution in [3.05, 3.63) is 82.6 Å². The molecule has 1 N–H and O–H groups in total. The Bertz CT molecular complexity index is 1440. The molecule has 8 nitrogen and oxygen atoms in total. The first-order valence-corrected chi connectivity index (χ1v) is 12.3. The van der Waals surface area contributed by atoms with Gasteiger partial charge in [-0.05, 0) is 48.4 Å². The third-order valence-electron chi connectivity index (χ3n) is 5.61. The molecule has 3 aromatic carbocycles. The lowest BCUT2D eigenvalue weighted by Gasteiger charge is -2.14. The molecule has 0 aliphatic rings. The van der Waals surface area contributed by atoms with E-state index in [9.17, 15) is 9.59 Å². The summed E-state index contributed by atoms with van der Waals surface area (Å²) in [5, 5.41) is 3.87. The molecule has 0 saturated carbocycles. The van der Waals surface area contributed by atoms with E-state index >= 15 is 0 Å². The van der Waals surface area contributed by atoms with Crippen LogP contribution in [0.1, 0.15) is 5.56 Å². The second kappa shape index (κ2) is 11.6. The number of para-hydroxylation sites is 3. The van der Waals surface area contributed by atoms with Crippen LogP contribution in [0.5, 0.6) is 17.2 Å². The summed E-state index contributed by atoms with van der Waals surface area (Å²) >= 11 is 1.22. The summed E-state index contributed by atoms with van der Waals surface area (Å²) in [5.74, 6) is 1.70. The third-order valence-corrected chi connectivity index (χ3v) is 6.59. The van der Waals surface area contributed by atoms with Crippen LogP contribution in [-0.4, -0.2) is 42.5 Å². The molecule has 1 heterocycles.